The van der Waals surface area contributed by atoms with Crippen molar-refractivity contribution in [2.45, 2.75) is 44.6 Å². The second-order valence-corrected chi connectivity index (χ2v) is 4.82. The minimum Gasteiger partial charge on any atom is -0.358 e. The lowest BCUT2D eigenvalue weighted by Gasteiger charge is -2.17. The van der Waals surface area contributed by atoms with Gasteiger partial charge in [-0.2, -0.15) is 4.98 Å². The minimum atomic E-state index is -0.436. The Morgan fingerprint density at radius 2 is 1.78 bits per heavy atom. The van der Waals surface area contributed by atoms with Crippen LogP contribution in [0.1, 0.15) is 44.6 Å². The van der Waals surface area contributed by atoms with Gasteiger partial charge in [-0.3, -0.25) is 4.57 Å². The molecule has 0 spiro atoms. The van der Waals surface area contributed by atoms with Crippen LogP contribution in [0.15, 0.2) is 9.59 Å². The number of anilines is 1. The Balaban J connectivity index is 2.47. The maximum atomic E-state index is 12.2. The Hall–Kier alpha value is -1.59. The van der Waals surface area contributed by atoms with Crippen molar-refractivity contribution >= 4 is 5.95 Å². The van der Waals surface area contributed by atoms with Crippen LogP contribution in [0.5, 0.6) is 0 Å². The molecule has 0 unspecified atom stereocenters. The first-order valence-corrected chi connectivity index (χ1v) is 6.52. The van der Waals surface area contributed by atoms with E-state index in [-0.39, 0.29) is 11.7 Å². The van der Waals surface area contributed by atoms with Crippen LogP contribution in [0.3, 0.4) is 0 Å². The van der Waals surface area contributed by atoms with Gasteiger partial charge in [-0.15, -0.1) is 0 Å². The lowest BCUT2D eigenvalue weighted by atomic mass is 10.1. The standard InChI is InChI=1S/C12H20N4O2/c1-13-10-14-11(17)16(12(18)15(10)2)9-7-5-3-4-6-8-9/h9H,3-8H2,1-2H3,(H,13,14,17). The molecule has 1 saturated carbocycles. The zero-order valence-corrected chi connectivity index (χ0v) is 11.0. The summed E-state index contributed by atoms with van der Waals surface area (Å²) < 4.78 is 2.72. The molecule has 2 rings (SSSR count). The maximum Gasteiger partial charge on any atom is 0.355 e. The van der Waals surface area contributed by atoms with Gasteiger partial charge in [0.2, 0.25) is 5.95 Å². The fraction of sp³-hybridized carbons (Fsp3) is 0.750. The SMILES string of the molecule is CNc1nc(=O)n(C2CCCCCC2)c(=O)n1C. The van der Waals surface area contributed by atoms with E-state index in [2.05, 4.69) is 10.3 Å². The van der Waals surface area contributed by atoms with Crippen LogP contribution in [0.25, 0.3) is 0 Å². The van der Waals surface area contributed by atoms with Crippen LogP contribution in [-0.2, 0) is 7.05 Å². The Kier molecular flexibility index (Phi) is 3.84. The van der Waals surface area contributed by atoms with E-state index < -0.39 is 5.69 Å². The van der Waals surface area contributed by atoms with Gasteiger partial charge in [0.15, 0.2) is 0 Å². The molecule has 1 heterocycles. The van der Waals surface area contributed by atoms with E-state index in [1.165, 1.54) is 22.0 Å². The molecule has 6 nitrogen and oxygen atoms in total. The van der Waals surface area contributed by atoms with Gasteiger partial charge in [0.25, 0.3) is 0 Å². The molecule has 0 bridgehead atoms. The summed E-state index contributed by atoms with van der Waals surface area (Å²) in [6.07, 6.45) is 6.33. The summed E-state index contributed by atoms with van der Waals surface area (Å²) in [5, 5.41) is 2.76. The predicted octanol–water partition coefficient (Wildman–Crippen LogP) is 0.879. The van der Waals surface area contributed by atoms with Crippen molar-refractivity contribution in [2.24, 2.45) is 7.05 Å². The van der Waals surface area contributed by atoms with E-state index >= 15 is 0 Å². The summed E-state index contributed by atoms with van der Waals surface area (Å²) in [6, 6.07) is 0.0112. The first-order chi connectivity index (χ1) is 8.65. The van der Waals surface area contributed by atoms with E-state index in [1.54, 1.807) is 14.1 Å². The molecule has 1 aliphatic rings. The fourth-order valence-corrected chi connectivity index (χ4v) is 2.61. The van der Waals surface area contributed by atoms with E-state index in [0.29, 0.717) is 5.95 Å². The van der Waals surface area contributed by atoms with Gasteiger partial charge in [0.1, 0.15) is 0 Å². The van der Waals surface area contributed by atoms with Crippen molar-refractivity contribution in [3.8, 4) is 0 Å². The Bertz CT molecular complexity index is 524. The van der Waals surface area contributed by atoms with Crippen molar-refractivity contribution in [3.63, 3.8) is 0 Å². The molecule has 1 aromatic heterocycles. The van der Waals surface area contributed by atoms with Gasteiger partial charge in [0.05, 0.1) is 0 Å². The van der Waals surface area contributed by atoms with E-state index in [1.807, 2.05) is 0 Å². The highest BCUT2D eigenvalue weighted by atomic mass is 16.2. The van der Waals surface area contributed by atoms with Crippen LogP contribution in [-0.4, -0.2) is 21.2 Å². The molecule has 0 saturated heterocycles. The fourth-order valence-electron chi connectivity index (χ4n) is 2.61. The second kappa shape index (κ2) is 5.37. The highest BCUT2D eigenvalue weighted by Crippen LogP contribution is 2.24. The first kappa shape index (κ1) is 12.9. The summed E-state index contributed by atoms with van der Waals surface area (Å²) in [6.45, 7) is 0. The summed E-state index contributed by atoms with van der Waals surface area (Å²) >= 11 is 0. The maximum absolute atomic E-state index is 12.2. The van der Waals surface area contributed by atoms with Crippen molar-refractivity contribution in [3.05, 3.63) is 21.0 Å². The lowest BCUT2D eigenvalue weighted by molar-refractivity contribution is 0.398. The number of rotatable bonds is 2. The molecule has 100 valence electrons. The molecule has 0 aromatic carbocycles. The van der Waals surface area contributed by atoms with Gasteiger partial charge in [-0.1, -0.05) is 25.7 Å². The molecule has 0 aliphatic heterocycles. The number of aromatic nitrogens is 3. The largest absolute Gasteiger partial charge is 0.358 e. The molecule has 1 N–H and O–H groups in total. The minimum absolute atomic E-state index is 0.0112. The van der Waals surface area contributed by atoms with Gasteiger partial charge in [-0.05, 0) is 12.8 Å². The van der Waals surface area contributed by atoms with Gasteiger partial charge in [0, 0.05) is 20.1 Å². The monoisotopic (exact) mass is 252 g/mol. The summed E-state index contributed by atoms with van der Waals surface area (Å²) in [5.74, 6) is 0.315. The molecule has 1 aromatic rings. The van der Waals surface area contributed by atoms with Gasteiger partial charge >= 0.3 is 11.4 Å². The van der Waals surface area contributed by atoms with Crippen molar-refractivity contribution in [1.29, 1.82) is 0 Å². The van der Waals surface area contributed by atoms with Crippen LogP contribution in [0.2, 0.25) is 0 Å². The topological polar surface area (TPSA) is 68.9 Å². The Labute approximate surface area is 106 Å². The van der Waals surface area contributed by atoms with Crippen LogP contribution in [0.4, 0.5) is 5.95 Å². The van der Waals surface area contributed by atoms with Crippen molar-refractivity contribution < 1.29 is 0 Å². The van der Waals surface area contributed by atoms with E-state index in [0.717, 1.165) is 25.7 Å². The molecular formula is C12H20N4O2. The molecule has 6 heteroatoms. The average molecular weight is 252 g/mol. The molecule has 18 heavy (non-hydrogen) atoms. The number of hydrogen-bond donors (Lipinski definition) is 1. The normalized spacial score (nSPS) is 17.4. The van der Waals surface area contributed by atoms with Gasteiger partial charge < -0.3 is 5.32 Å². The highest BCUT2D eigenvalue weighted by molar-refractivity contribution is 5.21. The Morgan fingerprint density at radius 1 is 1.17 bits per heavy atom. The predicted molar refractivity (Wildman–Crippen MR) is 70.0 cm³/mol. The second-order valence-electron chi connectivity index (χ2n) is 4.82. The number of nitrogens with one attached hydrogen (secondary N) is 1. The quantitative estimate of drug-likeness (QED) is 0.793. The van der Waals surface area contributed by atoms with Crippen molar-refractivity contribution in [1.82, 2.24) is 14.1 Å². The van der Waals surface area contributed by atoms with Crippen LogP contribution in [0, 0.1) is 0 Å². The lowest BCUT2D eigenvalue weighted by Crippen LogP contribution is -2.43. The smallest absolute Gasteiger partial charge is 0.355 e. The molecule has 1 aliphatic carbocycles. The summed E-state index contributed by atoms with van der Waals surface area (Å²) in [4.78, 5) is 28.1. The number of hydrogen-bond acceptors (Lipinski definition) is 4. The van der Waals surface area contributed by atoms with Crippen molar-refractivity contribution in [2.75, 3.05) is 12.4 Å². The molecule has 0 atom stereocenters. The highest BCUT2D eigenvalue weighted by Gasteiger charge is 2.20. The Morgan fingerprint density at radius 3 is 2.33 bits per heavy atom. The zero-order chi connectivity index (χ0) is 13.1. The van der Waals surface area contributed by atoms with Crippen LogP contribution < -0.4 is 16.7 Å². The van der Waals surface area contributed by atoms with E-state index in [4.69, 9.17) is 0 Å². The third-order valence-corrected chi connectivity index (χ3v) is 3.63. The number of nitrogens with zero attached hydrogens (tertiary/aromatic N) is 3. The first-order valence-electron chi connectivity index (χ1n) is 6.52. The molecule has 1 fully saturated rings. The molecule has 0 amide bonds. The van der Waals surface area contributed by atoms with Crippen LogP contribution >= 0.6 is 0 Å². The summed E-state index contributed by atoms with van der Waals surface area (Å²) in [7, 11) is 3.28. The third-order valence-electron chi connectivity index (χ3n) is 3.63. The third kappa shape index (κ3) is 2.32. The summed E-state index contributed by atoms with van der Waals surface area (Å²) in [5.41, 5.74) is -0.708. The average Bonchev–Trinajstić information content (AvgIpc) is 2.63. The van der Waals surface area contributed by atoms with Gasteiger partial charge in [-0.25, -0.2) is 14.2 Å². The van der Waals surface area contributed by atoms with E-state index in [9.17, 15) is 9.59 Å². The molecular weight excluding hydrogens is 232 g/mol. The molecule has 0 radical (unpaired) electrons. The zero-order valence-electron chi connectivity index (χ0n) is 11.0.